The molecule has 0 aliphatic heterocycles. The molecule has 106 valence electrons. The highest BCUT2D eigenvalue weighted by molar-refractivity contribution is 7.98. The van der Waals surface area contributed by atoms with Gasteiger partial charge in [-0.05, 0) is 31.4 Å². The van der Waals surface area contributed by atoms with Gasteiger partial charge in [-0.3, -0.25) is 4.79 Å². The van der Waals surface area contributed by atoms with E-state index in [-0.39, 0.29) is 11.7 Å². The Labute approximate surface area is 122 Å². The zero-order chi connectivity index (χ0) is 14.6. The van der Waals surface area contributed by atoms with Crippen LogP contribution in [0.5, 0.6) is 0 Å². The van der Waals surface area contributed by atoms with Crippen molar-refractivity contribution in [2.75, 3.05) is 18.3 Å². The molecule has 0 aliphatic carbocycles. The number of hydrogen-bond donors (Lipinski definition) is 1. The summed E-state index contributed by atoms with van der Waals surface area (Å²) >= 11 is 7.48. The largest absolute Gasteiger partial charge is 0.349 e. The van der Waals surface area contributed by atoms with Crippen molar-refractivity contribution in [2.45, 2.75) is 17.9 Å². The average Bonchev–Trinajstić information content (AvgIpc) is 2.26. The Hall–Kier alpha value is -0.720. The van der Waals surface area contributed by atoms with E-state index in [0.717, 1.165) is 11.2 Å². The minimum absolute atomic E-state index is 0.0986. The van der Waals surface area contributed by atoms with Crippen LogP contribution in [0.25, 0.3) is 0 Å². The smallest absolute Gasteiger partial charge is 0.253 e. The molecule has 0 saturated carbocycles. The summed E-state index contributed by atoms with van der Waals surface area (Å²) in [6.07, 6.45) is 3.04. The highest BCUT2D eigenvalue weighted by Gasteiger charge is 2.16. The first kappa shape index (κ1) is 16.3. The minimum atomic E-state index is -3.13. The SMILES string of the molecule is CSc1ccc(Cl)c(C(=O)NC(C)CS(C)(=O)=O)c1. The molecule has 1 aromatic carbocycles. The van der Waals surface area contributed by atoms with Gasteiger partial charge < -0.3 is 5.32 Å². The second kappa shape index (κ2) is 6.63. The molecule has 0 radical (unpaired) electrons. The fourth-order valence-electron chi connectivity index (χ4n) is 1.60. The zero-order valence-corrected chi connectivity index (χ0v) is 13.3. The molecule has 1 unspecified atom stereocenters. The standard InChI is InChI=1S/C12H16ClNO3S2/c1-8(7-19(3,16)17)14-12(15)10-6-9(18-2)4-5-11(10)13/h4-6,8H,7H2,1-3H3,(H,14,15). The van der Waals surface area contributed by atoms with E-state index in [1.807, 2.05) is 12.3 Å². The number of amides is 1. The number of hydrogen-bond acceptors (Lipinski definition) is 4. The third-order valence-electron chi connectivity index (χ3n) is 2.35. The van der Waals surface area contributed by atoms with Gasteiger partial charge in [-0.2, -0.15) is 0 Å². The molecule has 0 aromatic heterocycles. The quantitative estimate of drug-likeness (QED) is 0.845. The number of rotatable bonds is 5. The molecule has 19 heavy (non-hydrogen) atoms. The van der Waals surface area contributed by atoms with Crippen molar-refractivity contribution < 1.29 is 13.2 Å². The lowest BCUT2D eigenvalue weighted by Gasteiger charge is -2.14. The first-order valence-electron chi connectivity index (χ1n) is 5.55. The van der Waals surface area contributed by atoms with Crippen LogP contribution in [0.2, 0.25) is 5.02 Å². The molecule has 1 atom stereocenters. The van der Waals surface area contributed by atoms with Crippen molar-refractivity contribution in [1.29, 1.82) is 0 Å². The molecule has 0 fully saturated rings. The average molecular weight is 322 g/mol. The Morgan fingerprint density at radius 3 is 2.63 bits per heavy atom. The van der Waals surface area contributed by atoms with E-state index in [2.05, 4.69) is 5.32 Å². The summed E-state index contributed by atoms with van der Waals surface area (Å²) in [7, 11) is -3.13. The van der Waals surface area contributed by atoms with Gasteiger partial charge >= 0.3 is 0 Å². The van der Waals surface area contributed by atoms with E-state index in [1.165, 1.54) is 11.8 Å². The Morgan fingerprint density at radius 2 is 2.11 bits per heavy atom. The molecule has 1 amide bonds. The van der Waals surface area contributed by atoms with Gasteiger partial charge in [-0.15, -0.1) is 11.8 Å². The predicted octanol–water partition coefficient (Wildman–Crippen LogP) is 2.22. The second-order valence-electron chi connectivity index (χ2n) is 4.31. The molecule has 0 bridgehead atoms. The van der Waals surface area contributed by atoms with Crippen LogP contribution >= 0.6 is 23.4 Å². The van der Waals surface area contributed by atoms with E-state index < -0.39 is 15.9 Å². The van der Waals surface area contributed by atoms with E-state index in [0.29, 0.717) is 10.6 Å². The highest BCUT2D eigenvalue weighted by atomic mass is 35.5. The molecule has 4 nitrogen and oxygen atoms in total. The van der Waals surface area contributed by atoms with Crippen LogP contribution in [0.15, 0.2) is 23.1 Å². The summed E-state index contributed by atoms with van der Waals surface area (Å²) in [5.41, 5.74) is 0.355. The van der Waals surface area contributed by atoms with Crippen molar-refractivity contribution in [3.63, 3.8) is 0 Å². The molecule has 1 N–H and O–H groups in total. The summed E-state index contributed by atoms with van der Waals surface area (Å²) in [6, 6.07) is 4.71. The first-order chi connectivity index (χ1) is 8.73. The zero-order valence-electron chi connectivity index (χ0n) is 10.9. The minimum Gasteiger partial charge on any atom is -0.349 e. The normalized spacial score (nSPS) is 13.1. The summed E-state index contributed by atoms with van der Waals surface area (Å²) in [4.78, 5) is 13.0. The predicted molar refractivity (Wildman–Crippen MR) is 79.9 cm³/mol. The lowest BCUT2D eigenvalue weighted by atomic mass is 10.2. The van der Waals surface area contributed by atoms with Gasteiger partial charge in [0.2, 0.25) is 0 Å². The number of carbonyl (C=O) groups excluding carboxylic acids is 1. The molecule has 0 heterocycles. The molecular formula is C12H16ClNO3S2. The third kappa shape index (κ3) is 5.42. The Morgan fingerprint density at radius 1 is 1.47 bits per heavy atom. The number of benzene rings is 1. The molecular weight excluding hydrogens is 306 g/mol. The highest BCUT2D eigenvalue weighted by Crippen LogP contribution is 2.23. The van der Waals surface area contributed by atoms with Gasteiger partial charge in [0.25, 0.3) is 5.91 Å². The Kier molecular flexibility index (Phi) is 5.70. The van der Waals surface area contributed by atoms with Gasteiger partial charge in [0.05, 0.1) is 16.3 Å². The Bertz CT molecular complexity index is 572. The fraction of sp³-hybridized carbons (Fsp3) is 0.417. The van der Waals surface area contributed by atoms with Crippen LogP contribution < -0.4 is 5.32 Å². The summed E-state index contributed by atoms with van der Waals surface area (Å²) < 4.78 is 22.3. The Balaban J connectivity index is 2.83. The summed E-state index contributed by atoms with van der Waals surface area (Å²) in [5, 5.41) is 2.98. The van der Waals surface area contributed by atoms with Crippen LogP contribution in [0.1, 0.15) is 17.3 Å². The fourth-order valence-corrected chi connectivity index (χ4v) is 3.24. The van der Waals surface area contributed by atoms with Gasteiger partial charge in [0.15, 0.2) is 0 Å². The van der Waals surface area contributed by atoms with E-state index in [4.69, 9.17) is 11.6 Å². The van der Waals surface area contributed by atoms with Gasteiger partial charge in [0.1, 0.15) is 9.84 Å². The molecule has 7 heteroatoms. The molecule has 0 aliphatic rings. The molecule has 0 spiro atoms. The van der Waals surface area contributed by atoms with Crippen molar-refractivity contribution in [3.8, 4) is 0 Å². The van der Waals surface area contributed by atoms with Gasteiger partial charge in [-0.25, -0.2) is 8.42 Å². The number of halogens is 1. The maximum Gasteiger partial charge on any atom is 0.253 e. The summed E-state index contributed by atoms with van der Waals surface area (Å²) in [5.74, 6) is -0.462. The lowest BCUT2D eigenvalue weighted by molar-refractivity contribution is 0.0943. The number of thioether (sulfide) groups is 1. The monoisotopic (exact) mass is 321 g/mol. The van der Waals surface area contributed by atoms with Gasteiger partial charge in [-0.1, -0.05) is 11.6 Å². The van der Waals surface area contributed by atoms with Crippen molar-refractivity contribution in [3.05, 3.63) is 28.8 Å². The lowest BCUT2D eigenvalue weighted by Crippen LogP contribution is -2.37. The number of carbonyl (C=O) groups is 1. The van der Waals surface area contributed by atoms with Crippen LogP contribution in [-0.4, -0.2) is 38.6 Å². The van der Waals surface area contributed by atoms with Crippen LogP contribution in [0.3, 0.4) is 0 Å². The van der Waals surface area contributed by atoms with E-state index in [9.17, 15) is 13.2 Å². The van der Waals surface area contributed by atoms with E-state index >= 15 is 0 Å². The van der Waals surface area contributed by atoms with Crippen LogP contribution in [-0.2, 0) is 9.84 Å². The number of nitrogens with one attached hydrogen (secondary N) is 1. The summed E-state index contributed by atoms with van der Waals surface area (Å²) in [6.45, 7) is 1.64. The van der Waals surface area contributed by atoms with Gasteiger partial charge in [0, 0.05) is 17.2 Å². The van der Waals surface area contributed by atoms with Crippen molar-refractivity contribution >= 4 is 39.1 Å². The van der Waals surface area contributed by atoms with Crippen molar-refractivity contribution in [1.82, 2.24) is 5.32 Å². The first-order valence-corrected chi connectivity index (χ1v) is 9.21. The van der Waals surface area contributed by atoms with Crippen LogP contribution in [0.4, 0.5) is 0 Å². The number of sulfone groups is 1. The molecule has 1 rings (SSSR count). The third-order valence-corrected chi connectivity index (χ3v) is 4.51. The van der Waals surface area contributed by atoms with Crippen molar-refractivity contribution in [2.24, 2.45) is 0 Å². The second-order valence-corrected chi connectivity index (χ2v) is 7.78. The topological polar surface area (TPSA) is 63.2 Å². The van der Waals surface area contributed by atoms with Crippen LogP contribution in [0, 0.1) is 0 Å². The molecule has 0 saturated heterocycles. The maximum atomic E-state index is 12.0. The molecule has 1 aromatic rings. The maximum absolute atomic E-state index is 12.0. The van der Waals surface area contributed by atoms with E-state index in [1.54, 1.807) is 19.1 Å².